The maximum absolute atomic E-state index is 11.6. The highest BCUT2D eigenvalue weighted by atomic mass is 16.5. The van der Waals surface area contributed by atoms with E-state index in [1.165, 1.54) is 0 Å². The van der Waals surface area contributed by atoms with Crippen LogP contribution in [-0.2, 0) is 9.47 Å². The first-order chi connectivity index (χ1) is 10.1. The topological polar surface area (TPSA) is 77.7 Å². The van der Waals surface area contributed by atoms with Crippen LogP contribution >= 0.6 is 0 Å². The highest BCUT2D eigenvalue weighted by Crippen LogP contribution is 2.43. The van der Waals surface area contributed by atoms with Crippen LogP contribution in [0.1, 0.15) is 16.1 Å². The van der Waals surface area contributed by atoms with Crippen molar-refractivity contribution in [3.8, 4) is 0 Å². The maximum atomic E-state index is 11.6. The van der Waals surface area contributed by atoms with Crippen molar-refractivity contribution < 1.29 is 14.3 Å². The van der Waals surface area contributed by atoms with Crippen molar-refractivity contribution in [1.29, 1.82) is 0 Å². The number of amides is 1. The van der Waals surface area contributed by atoms with E-state index in [1.54, 1.807) is 13.2 Å². The zero-order chi connectivity index (χ0) is 15.0. The number of carbonyl (C=O) groups is 1. The normalized spacial score (nSPS) is 27.9. The number of ether oxygens (including phenoxy) is 2. The first kappa shape index (κ1) is 14.3. The number of hydrogen-bond donors (Lipinski definition) is 1. The molecule has 0 unspecified atom stereocenters. The highest BCUT2D eigenvalue weighted by Gasteiger charge is 2.51. The van der Waals surface area contributed by atoms with E-state index in [4.69, 9.17) is 15.2 Å². The van der Waals surface area contributed by atoms with Gasteiger partial charge in [-0.05, 0) is 19.1 Å². The number of methoxy groups -OCH3 is 1. The summed E-state index contributed by atoms with van der Waals surface area (Å²) in [6.07, 6.45) is 0. The van der Waals surface area contributed by atoms with E-state index in [9.17, 15) is 4.79 Å². The van der Waals surface area contributed by atoms with E-state index in [0.29, 0.717) is 30.5 Å². The van der Waals surface area contributed by atoms with Gasteiger partial charge in [-0.3, -0.25) is 4.79 Å². The van der Waals surface area contributed by atoms with E-state index in [-0.39, 0.29) is 5.41 Å². The Morgan fingerprint density at radius 2 is 2.43 bits per heavy atom. The van der Waals surface area contributed by atoms with Gasteiger partial charge >= 0.3 is 0 Å². The summed E-state index contributed by atoms with van der Waals surface area (Å²) < 4.78 is 11.0. The molecule has 2 aliphatic rings. The summed E-state index contributed by atoms with van der Waals surface area (Å²) in [5.41, 5.74) is 6.84. The Morgan fingerprint density at radius 3 is 3.14 bits per heavy atom. The van der Waals surface area contributed by atoms with Crippen molar-refractivity contribution in [1.82, 2.24) is 4.98 Å². The highest BCUT2D eigenvalue weighted by molar-refractivity contribution is 5.97. The zero-order valence-corrected chi connectivity index (χ0v) is 12.5. The third-order valence-corrected chi connectivity index (χ3v) is 4.53. The minimum absolute atomic E-state index is 0.00487. The number of aromatic nitrogens is 1. The molecule has 3 rings (SSSR count). The molecule has 0 bridgehead atoms. The third-order valence-electron chi connectivity index (χ3n) is 4.53. The molecule has 114 valence electrons. The number of nitrogens with two attached hydrogens (primary N) is 1. The number of anilines is 1. The van der Waals surface area contributed by atoms with Gasteiger partial charge in [0.2, 0.25) is 0 Å². The van der Waals surface area contributed by atoms with Crippen LogP contribution in [0.15, 0.2) is 12.1 Å². The SMILES string of the molecule is COC[C@@]12COC[C@@H]1CN(c1nc(C)ccc1C(N)=O)C2. The Kier molecular flexibility index (Phi) is 3.59. The predicted octanol–water partition coefficient (Wildman–Crippen LogP) is 0.588. The van der Waals surface area contributed by atoms with Crippen LogP contribution < -0.4 is 10.6 Å². The average Bonchev–Trinajstić information content (AvgIpc) is 2.95. The fourth-order valence-electron chi connectivity index (χ4n) is 3.46. The molecule has 6 heteroatoms. The fourth-order valence-corrected chi connectivity index (χ4v) is 3.46. The molecule has 2 fully saturated rings. The second kappa shape index (κ2) is 5.27. The van der Waals surface area contributed by atoms with Crippen LogP contribution in [0, 0.1) is 18.3 Å². The molecule has 0 aliphatic carbocycles. The molecule has 0 aromatic carbocycles. The largest absolute Gasteiger partial charge is 0.384 e. The number of pyridine rings is 1. The number of primary amides is 1. The molecule has 2 N–H and O–H groups in total. The quantitative estimate of drug-likeness (QED) is 0.878. The first-order valence-electron chi connectivity index (χ1n) is 7.15. The minimum atomic E-state index is -0.438. The van der Waals surface area contributed by atoms with E-state index < -0.39 is 5.91 Å². The molecule has 3 heterocycles. The fraction of sp³-hybridized carbons (Fsp3) is 0.600. The third kappa shape index (κ3) is 2.38. The van der Waals surface area contributed by atoms with E-state index >= 15 is 0 Å². The lowest BCUT2D eigenvalue weighted by atomic mass is 9.82. The van der Waals surface area contributed by atoms with Gasteiger partial charge in [-0.15, -0.1) is 0 Å². The Morgan fingerprint density at radius 1 is 1.62 bits per heavy atom. The van der Waals surface area contributed by atoms with Gasteiger partial charge < -0.3 is 20.1 Å². The van der Waals surface area contributed by atoms with Crippen molar-refractivity contribution in [2.24, 2.45) is 17.1 Å². The summed E-state index contributed by atoms with van der Waals surface area (Å²) in [7, 11) is 1.71. The van der Waals surface area contributed by atoms with Crippen molar-refractivity contribution in [2.75, 3.05) is 44.9 Å². The van der Waals surface area contributed by atoms with Crippen LogP contribution in [0.25, 0.3) is 0 Å². The molecular formula is C15H21N3O3. The molecule has 6 nitrogen and oxygen atoms in total. The molecule has 1 amide bonds. The average molecular weight is 291 g/mol. The Balaban J connectivity index is 1.93. The molecule has 0 spiro atoms. The molecule has 2 saturated heterocycles. The van der Waals surface area contributed by atoms with Gasteiger partial charge in [0.25, 0.3) is 5.91 Å². The molecule has 21 heavy (non-hydrogen) atoms. The number of nitrogens with zero attached hydrogens (tertiary/aromatic N) is 2. The van der Waals surface area contributed by atoms with Crippen LogP contribution in [-0.4, -0.2) is 50.9 Å². The lowest BCUT2D eigenvalue weighted by Gasteiger charge is -2.26. The number of carbonyl (C=O) groups excluding carboxylic acids is 1. The number of hydrogen-bond acceptors (Lipinski definition) is 5. The molecule has 2 atom stereocenters. The summed E-state index contributed by atoms with van der Waals surface area (Å²) in [6.45, 7) is 5.60. The molecule has 2 aliphatic heterocycles. The lowest BCUT2D eigenvalue weighted by molar-refractivity contribution is 0.0660. The Labute approximate surface area is 124 Å². The molecular weight excluding hydrogens is 270 g/mol. The monoisotopic (exact) mass is 291 g/mol. The molecule has 0 saturated carbocycles. The minimum Gasteiger partial charge on any atom is -0.384 e. The molecule has 1 aromatic heterocycles. The Hall–Kier alpha value is -1.66. The molecule has 1 aromatic rings. The van der Waals surface area contributed by atoms with Crippen molar-refractivity contribution >= 4 is 11.7 Å². The predicted molar refractivity (Wildman–Crippen MR) is 78.3 cm³/mol. The van der Waals surface area contributed by atoms with Gasteiger partial charge in [-0.25, -0.2) is 4.98 Å². The maximum Gasteiger partial charge on any atom is 0.252 e. The summed E-state index contributed by atoms with van der Waals surface area (Å²) in [6, 6.07) is 3.57. The van der Waals surface area contributed by atoms with Gasteiger partial charge in [-0.1, -0.05) is 0 Å². The smallest absolute Gasteiger partial charge is 0.252 e. The van der Waals surface area contributed by atoms with Crippen molar-refractivity contribution in [3.63, 3.8) is 0 Å². The van der Waals surface area contributed by atoms with Gasteiger partial charge in [-0.2, -0.15) is 0 Å². The van der Waals surface area contributed by atoms with Crippen LogP contribution in [0.4, 0.5) is 5.82 Å². The lowest BCUT2D eigenvalue weighted by Crippen LogP contribution is -2.36. The van der Waals surface area contributed by atoms with E-state index in [1.807, 2.05) is 13.0 Å². The molecule has 0 radical (unpaired) electrons. The standard InChI is InChI=1S/C15H21N3O3/c1-10-3-4-12(13(16)19)14(17-10)18-5-11-6-21-9-15(11,7-18)8-20-2/h3-4,11H,5-9H2,1-2H3,(H2,16,19)/t11-,15-/m0/s1. The summed E-state index contributed by atoms with van der Waals surface area (Å²) in [4.78, 5) is 18.3. The van der Waals surface area contributed by atoms with Crippen LogP contribution in [0.2, 0.25) is 0 Å². The zero-order valence-electron chi connectivity index (χ0n) is 12.5. The summed E-state index contributed by atoms with van der Waals surface area (Å²) >= 11 is 0. The van der Waals surface area contributed by atoms with Crippen molar-refractivity contribution in [3.05, 3.63) is 23.4 Å². The number of rotatable bonds is 4. The summed E-state index contributed by atoms with van der Waals surface area (Å²) in [5.74, 6) is 0.652. The second-order valence-electron chi connectivity index (χ2n) is 6.08. The van der Waals surface area contributed by atoms with E-state index in [2.05, 4.69) is 9.88 Å². The van der Waals surface area contributed by atoms with Crippen LogP contribution in [0.5, 0.6) is 0 Å². The summed E-state index contributed by atoms with van der Waals surface area (Å²) in [5, 5.41) is 0. The van der Waals surface area contributed by atoms with Crippen molar-refractivity contribution in [2.45, 2.75) is 6.92 Å². The van der Waals surface area contributed by atoms with Gasteiger partial charge in [0.05, 0.1) is 25.4 Å². The van der Waals surface area contributed by atoms with Gasteiger partial charge in [0.15, 0.2) is 0 Å². The van der Waals surface area contributed by atoms with Gasteiger partial charge in [0, 0.05) is 37.2 Å². The number of aryl methyl sites for hydroxylation is 1. The van der Waals surface area contributed by atoms with Crippen LogP contribution in [0.3, 0.4) is 0 Å². The Bertz CT molecular complexity index is 563. The van der Waals surface area contributed by atoms with E-state index in [0.717, 1.165) is 25.4 Å². The first-order valence-corrected chi connectivity index (χ1v) is 7.15. The number of fused-ring (bicyclic) bond motifs is 1. The van der Waals surface area contributed by atoms with Gasteiger partial charge in [0.1, 0.15) is 5.82 Å². The second-order valence-corrected chi connectivity index (χ2v) is 6.08.